The molecule has 9 heteroatoms. The molecule has 1 aliphatic rings. The summed E-state index contributed by atoms with van der Waals surface area (Å²) in [5.74, 6) is 0.991. The molecule has 8 nitrogen and oxygen atoms in total. The van der Waals surface area contributed by atoms with Gasteiger partial charge >= 0.3 is 6.03 Å². The molecule has 130 valence electrons. The van der Waals surface area contributed by atoms with Crippen LogP contribution in [-0.2, 0) is 0 Å². The highest BCUT2D eigenvalue weighted by Crippen LogP contribution is 2.33. The Kier molecular flexibility index (Phi) is 5.20. The van der Waals surface area contributed by atoms with Crippen molar-refractivity contribution in [1.29, 1.82) is 0 Å². The SMILES string of the molecule is Nc1cc2c(cc1Cl)NC(=O)Nc1cncc(n1)OCC/C=C/CO2. The molecule has 0 aliphatic carbocycles. The number of amides is 2. The van der Waals surface area contributed by atoms with E-state index in [2.05, 4.69) is 20.6 Å². The lowest BCUT2D eigenvalue weighted by atomic mass is 10.2. The van der Waals surface area contributed by atoms with Crippen molar-refractivity contribution in [3.05, 3.63) is 41.7 Å². The third-order valence-corrected chi connectivity index (χ3v) is 3.56. The highest BCUT2D eigenvalue weighted by atomic mass is 35.5. The van der Waals surface area contributed by atoms with Gasteiger partial charge in [-0.1, -0.05) is 23.8 Å². The summed E-state index contributed by atoms with van der Waals surface area (Å²) in [6.07, 6.45) is 7.34. The normalized spacial score (nSPS) is 16.0. The number of nitrogens with one attached hydrogen (secondary N) is 2. The molecule has 0 saturated carbocycles. The molecule has 1 aromatic heterocycles. The number of benzene rings is 1. The van der Waals surface area contributed by atoms with E-state index in [1.807, 2.05) is 12.2 Å². The highest BCUT2D eigenvalue weighted by Gasteiger charge is 2.12. The number of hydrogen-bond donors (Lipinski definition) is 3. The summed E-state index contributed by atoms with van der Waals surface area (Å²) in [5.41, 5.74) is 6.56. The molecule has 2 aromatic rings. The number of urea groups is 1. The van der Waals surface area contributed by atoms with Crippen molar-refractivity contribution in [3.8, 4) is 11.6 Å². The Labute approximate surface area is 149 Å². The van der Waals surface area contributed by atoms with Crippen LogP contribution in [0.4, 0.5) is 22.0 Å². The van der Waals surface area contributed by atoms with E-state index in [0.717, 1.165) is 0 Å². The van der Waals surface area contributed by atoms with E-state index in [4.69, 9.17) is 26.8 Å². The Hall–Kier alpha value is -3.00. The van der Waals surface area contributed by atoms with Crippen LogP contribution in [0.5, 0.6) is 11.6 Å². The summed E-state index contributed by atoms with van der Waals surface area (Å²) in [4.78, 5) is 20.4. The fourth-order valence-electron chi connectivity index (χ4n) is 2.09. The van der Waals surface area contributed by atoms with E-state index >= 15 is 0 Å². The minimum atomic E-state index is -0.525. The summed E-state index contributed by atoms with van der Waals surface area (Å²) in [6.45, 7) is 0.741. The first-order chi connectivity index (χ1) is 12.1. The van der Waals surface area contributed by atoms with Gasteiger partial charge in [0.05, 0.1) is 35.4 Å². The Morgan fingerprint density at radius 2 is 2.04 bits per heavy atom. The lowest BCUT2D eigenvalue weighted by Gasteiger charge is -2.14. The Morgan fingerprint density at radius 1 is 1.16 bits per heavy atom. The van der Waals surface area contributed by atoms with Crippen molar-refractivity contribution in [2.45, 2.75) is 6.42 Å². The number of carbonyl (C=O) groups is 1. The first-order valence-electron chi connectivity index (χ1n) is 7.51. The molecule has 2 heterocycles. The summed E-state index contributed by atoms with van der Waals surface area (Å²) < 4.78 is 11.1. The molecule has 2 bridgehead atoms. The van der Waals surface area contributed by atoms with Crippen LogP contribution in [0.3, 0.4) is 0 Å². The third-order valence-electron chi connectivity index (χ3n) is 3.24. The number of ether oxygens (including phenoxy) is 2. The molecule has 0 radical (unpaired) electrons. The average Bonchev–Trinajstić information content (AvgIpc) is 2.58. The first-order valence-corrected chi connectivity index (χ1v) is 7.89. The summed E-state index contributed by atoms with van der Waals surface area (Å²) in [6, 6.07) is 2.56. The zero-order valence-electron chi connectivity index (χ0n) is 13.2. The Bertz CT molecular complexity index is 812. The summed E-state index contributed by atoms with van der Waals surface area (Å²) >= 11 is 6.04. The highest BCUT2D eigenvalue weighted by molar-refractivity contribution is 6.33. The van der Waals surface area contributed by atoms with Crippen LogP contribution in [-0.4, -0.2) is 29.2 Å². The van der Waals surface area contributed by atoms with Gasteiger partial charge in [-0.05, 0) is 12.5 Å². The van der Waals surface area contributed by atoms with Crippen LogP contribution in [0.2, 0.25) is 5.02 Å². The summed E-state index contributed by atoms with van der Waals surface area (Å²) in [5, 5.41) is 5.55. The van der Waals surface area contributed by atoms with Gasteiger partial charge in [-0.15, -0.1) is 0 Å². The number of nitrogens with zero attached hydrogens (tertiary/aromatic N) is 2. The van der Waals surface area contributed by atoms with Crippen LogP contribution < -0.4 is 25.8 Å². The van der Waals surface area contributed by atoms with E-state index in [-0.39, 0.29) is 5.82 Å². The van der Waals surface area contributed by atoms with Gasteiger partial charge < -0.3 is 20.5 Å². The van der Waals surface area contributed by atoms with Crippen LogP contribution in [0, 0.1) is 0 Å². The van der Waals surface area contributed by atoms with Gasteiger partial charge in [-0.25, -0.2) is 4.79 Å². The van der Waals surface area contributed by atoms with E-state index < -0.39 is 6.03 Å². The number of aromatic nitrogens is 2. The number of fused-ring (bicyclic) bond motifs is 3. The van der Waals surface area contributed by atoms with Crippen molar-refractivity contribution in [2.75, 3.05) is 29.6 Å². The van der Waals surface area contributed by atoms with Crippen LogP contribution in [0.15, 0.2) is 36.7 Å². The number of halogens is 1. The number of carbonyl (C=O) groups excluding carboxylic acids is 1. The average molecular weight is 362 g/mol. The molecular formula is C16H16ClN5O3. The second kappa shape index (κ2) is 7.71. The van der Waals surface area contributed by atoms with Gasteiger partial charge in [-0.3, -0.25) is 10.3 Å². The monoisotopic (exact) mass is 361 g/mol. The molecule has 0 saturated heterocycles. The molecule has 4 N–H and O–H groups in total. The van der Waals surface area contributed by atoms with E-state index in [1.165, 1.54) is 18.5 Å². The lowest BCUT2D eigenvalue weighted by Crippen LogP contribution is -2.21. The van der Waals surface area contributed by atoms with E-state index in [0.29, 0.717) is 47.7 Å². The second-order valence-corrected chi connectivity index (χ2v) is 5.52. The number of hydrogen-bond acceptors (Lipinski definition) is 6. The van der Waals surface area contributed by atoms with Crippen molar-refractivity contribution < 1.29 is 14.3 Å². The zero-order chi connectivity index (χ0) is 17.6. The van der Waals surface area contributed by atoms with Gasteiger partial charge in [0.25, 0.3) is 0 Å². The largest absolute Gasteiger partial charge is 0.487 e. The van der Waals surface area contributed by atoms with Gasteiger partial charge in [0.2, 0.25) is 5.88 Å². The Balaban J connectivity index is 1.89. The zero-order valence-corrected chi connectivity index (χ0v) is 13.9. The van der Waals surface area contributed by atoms with Crippen LogP contribution in [0.25, 0.3) is 0 Å². The number of rotatable bonds is 0. The maximum atomic E-state index is 12.2. The van der Waals surface area contributed by atoms with E-state index in [1.54, 1.807) is 6.07 Å². The third kappa shape index (κ3) is 4.51. The maximum Gasteiger partial charge on any atom is 0.325 e. The Morgan fingerprint density at radius 3 is 2.92 bits per heavy atom. The smallest absolute Gasteiger partial charge is 0.325 e. The van der Waals surface area contributed by atoms with Crippen molar-refractivity contribution in [1.82, 2.24) is 9.97 Å². The molecule has 0 spiro atoms. The lowest BCUT2D eigenvalue weighted by molar-refractivity contribution is 0.262. The molecular weight excluding hydrogens is 346 g/mol. The van der Waals surface area contributed by atoms with E-state index in [9.17, 15) is 4.79 Å². The molecule has 0 unspecified atom stereocenters. The van der Waals surface area contributed by atoms with Gasteiger partial charge in [-0.2, -0.15) is 4.98 Å². The number of nitrogens with two attached hydrogens (primary N) is 1. The maximum absolute atomic E-state index is 12.2. The second-order valence-electron chi connectivity index (χ2n) is 5.11. The number of anilines is 3. The van der Waals surface area contributed by atoms with Crippen LogP contribution in [0.1, 0.15) is 6.42 Å². The standard InChI is InChI=1S/C16H16ClN5O3/c17-10-6-12-13(7-11(10)18)24-4-2-1-3-5-25-15-9-19-8-14(21-15)22-16(23)20-12/h1-2,6-9H,3-5,18H2,(H2,20,21,22,23)/b2-1+. The van der Waals surface area contributed by atoms with Gasteiger partial charge in [0.1, 0.15) is 12.4 Å². The minimum Gasteiger partial charge on any atom is -0.487 e. The quantitative estimate of drug-likeness (QED) is 0.491. The summed E-state index contributed by atoms with van der Waals surface area (Å²) in [7, 11) is 0. The fraction of sp³-hybridized carbons (Fsp3) is 0.188. The predicted octanol–water partition coefficient (Wildman–Crippen LogP) is 3.07. The topological polar surface area (TPSA) is 111 Å². The molecule has 1 aromatic carbocycles. The van der Waals surface area contributed by atoms with Crippen molar-refractivity contribution >= 4 is 34.8 Å². The van der Waals surface area contributed by atoms with Crippen LogP contribution >= 0.6 is 11.6 Å². The van der Waals surface area contributed by atoms with Crippen molar-refractivity contribution in [3.63, 3.8) is 0 Å². The van der Waals surface area contributed by atoms with Crippen molar-refractivity contribution in [2.24, 2.45) is 0 Å². The van der Waals surface area contributed by atoms with Gasteiger partial charge in [0.15, 0.2) is 5.82 Å². The molecule has 1 aliphatic heterocycles. The van der Waals surface area contributed by atoms with Gasteiger partial charge in [0, 0.05) is 6.07 Å². The predicted molar refractivity (Wildman–Crippen MR) is 95.3 cm³/mol. The first kappa shape index (κ1) is 16.8. The molecule has 25 heavy (non-hydrogen) atoms. The fourth-order valence-corrected chi connectivity index (χ4v) is 2.25. The molecule has 0 fully saturated rings. The molecule has 2 amide bonds. The number of nitrogen functional groups attached to an aromatic ring is 1. The molecule has 0 atom stereocenters. The molecule has 3 rings (SSSR count). The minimum absolute atomic E-state index is 0.254.